The fourth-order valence-electron chi connectivity index (χ4n) is 2.58. The van der Waals surface area contributed by atoms with Crippen LogP contribution >= 0.6 is 0 Å². The minimum Gasteiger partial charge on any atom is -0.0654 e. The zero-order valence-electron chi connectivity index (χ0n) is 12.4. The monoisotopic (exact) mass is 226 g/mol. The molecule has 0 saturated heterocycles. The van der Waals surface area contributed by atoms with Crippen molar-refractivity contribution in [2.75, 3.05) is 0 Å². The van der Waals surface area contributed by atoms with E-state index in [1.165, 1.54) is 57.8 Å². The topological polar surface area (TPSA) is 0 Å². The van der Waals surface area contributed by atoms with Crippen molar-refractivity contribution in [3.05, 3.63) is 0 Å². The van der Waals surface area contributed by atoms with Crippen LogP contribution in [0, 0.1) is 11.3 Å². The summed E-state index contributed by atoms with van der Waals surface area (Å²) < 4.78 is 0. The van der Waals surface area contributed by atoms with Crippen LogP contribution in [0.5, 0.6) is 0 Å². The van der Waals surface area contributed by atoms with E-state index in [0.29, 0.717) is 5.41 Å². The predicted octanol–water partition coefficient (Wildman–Crippen LogP) is 6.20. The first-order valence-electron chi connectivity index (χ1n) is 7.49. The largest absolute Gasteiger partial charge is 0.0654 e. The molecule has 0 fully saturated rings. The smallest absolute Gasteiger partial charge is 0.0380 e. The lowest BCUT2D eigenvalue weighted by Gasteiger charge is -2.26. The van der Waals surface area contributed by atoms with Gasteiger partial charge in [0.1, 0.15) is 0 Å². The Morgan fingerprint density at radius 2 is 1.19 bits per heavy atom. The summed E-state index contributed by atoms with van der Waals surface area (Å²) in [7, 11) is 0. The lowest BCUT2D eigenvalue weighted by atomic mass is 9.80. The van der Waals surface area contributed by atoms with E-state index in [4.69, 9.17) is 0 Å². The van der Waals surface area contributed by atoms with Crippen LogP contribution in [0.2, 0.25) is 0 Å². The van der Waals surface area contributed by atoms with Crippen LogP contribution in [0.1, 0.15) is 92.4 Å². The van der Waals surface area contributed by atoms with Gasteiger partial charge in [0.2, 0.25) is 0 Å². The van der Waals surface area contributed by atoms with Gasteiger partial charge in [-0.25, -0.2) is 0 Å². The van der Waals surface area contributed by atoms with Crippen LogP contribution in [0.25, 0.3) is 0 Å². The maximum atomic E-state index is 2.39. The molecule has 0 saturated carbocycles. The molecular formula is C16H34. The predicted molar refractivity (Wildman–Crippen MR) is 75.8 cm³/mol. The van der Waals surface area contributed by atoms with Crippen molar-refractivity contribution in [1.82, 2.24) is 0 Å². The molecule has 0 aromatic rings. The third kappa shape index (κ3) is 10.5. The van der Waals surface area contributed by atoms with Gasteiger partial charge < -0.3 is 0 Å². The zero-order valence-corrected chi connectivity index (χ0v) is 12.4. The maximum absolute atomic E-state index is 2.39. The van der Waals surface area contributed by atoms with E-state index < -0.39 is 0 Å². The summed E-state index contributed by atoms with van der Waals surface area (Å²) in [5.74, 6) is 0.984. The summed E-state index contributed by atoms with van der Waals surface area (Å²) in [6.45, 7) is 11.8. The molecule has 0 spiro atoms. The summed E-state index contributed by atoms with van der Waals surface area (Å²) in [6, 6.07) is 0. The second-order valence-corrected chi connectivity index (χ2v) is 6.62. The molecule has 0 aromatic heterocycles. The summed E-state index contributed by atoms with van der Waals surface area (Å²) in [4.78, 5) is 0. The molecular weight excluding hydrogens is 192 g/mol. The molecule has 0 aliphatic carbocycles. The molecule has 0 atom stereocenters. The lowest BCUT2D eigenvalue weighted by molar-refractivity contribution is 0.261. The Morgan fingerprint density at radius 1 is 0.750 bits per heavy atom. The summed E-state index contributed by atoms with van der Waals surface area (Å²) in [5.41, 5.74) is 0.517. The highest BCUT2D eigenvalue weighted by atomic mass is 14.2. The minimum atomic E-state index is 0.517. The Bertz CT molecular complexity index is 131. The fraction of sp³-hybridized carbons (Fsp3) is 1.00. The molecule has 0 radical (unpaired) electrons. The molecule has 0 rings (SSSR count). The molecule has 0 N–H and O–H groups in total. The first kappa shape index (κ1) is 16.0. The molecule has 0 unspecified atom stereocenters. The Hall–Kier alpha value is 0. The van der Waals surface area contributed by atoms with Gasteiger partial charge in [0, 0.05) is 0 Å². The third-order valence-corrected chi connectivity index (χ3v) is 3.33. The van der Waals surface area contributed by atoms with Crippen molar-refractivity contribution in [3.63, 3.8) is 0 Å². The zero-order chi connectivity index (χ0) is 12.4. The van der Waals surface area contributed by atoms with Crippen LogP contribution in [0.4, 0.5) is 0 Å². The lowest BCUT2D eigenvalue weighted by Crippen LogP contribution is -2.13. The molecule has 0 aromatic carbocycles. The molecule has 0 aliphatic rings. The summed E-state index contributed by atoms with van der Waals surface area (Å²) >= 11 is 0. The highest BCUT2D eigenvalue weighted by Gasteiger charge is 2.17. The van der Waals surface area contributed by atoms with E-state index in [1.807, 2.05) is 0 Å². The molecule has 0 heterocycles. The van der Waals surface area contributed by atoms with Crippen LogP contribution in [0.15, 0.2) is 0 Å². The van der Waals surface area contributed by atoms with E-state index in [-0.39, 0.29) is 0 Å². The third-order valence-electron chi connectivity index (χ3n) is 3.33. The van der Waals surface area contributed by atoms with Crippen molar-refractivity contribution < 1.29 is 0 Å². The average molecular weight is 226 g/mol. The first-order valence-corrected chi connectivity index (χ1v) is 7.49. The minimum absolute atomic E-state index is 0.517. The molecule has 0 bridgehead atoms. The van der Waals surface area contributed by atoms with Crippen molar-refractivity contribution in [2.24, 2.45) is 11.3 Å². The van der Waals surface area contributed by atoms with Crippen LogP contribution in [-0.4, -0.2) is 0 Å². The second kappa shape index (κ2) is 9.07. The van der Waals surface area contributed by atoms with Gasteiger partial charge in [0.15, 0.2) is 0 Å². The molecule has 16 heavy (non-hydrogen) atoms. The van der Waals surface area contributed by atoms with E-state index in [1.54, 1.807) is 0 Å². The molecule has 0 nitrogen and oxygen atoms in total. The summed E-state index contributed by atoms with van der Waals surface area (Å²) in [5, 5.41) is 0. The molecule has 0 amide bonds. The highest BCUT2D eigenvalue weighted by Crippen LogP contribution is 2.31. The van der Waals surface area contributed by atoms with Gasteiger partial charge in [-0.15, -0.1) is 0 Å². The second-order valence-electron chi connectivity index (χ2n) is 6.62. The fourth-order valence-corrected chi connectivity index (χ4v) is 2.58. The van der Waals surface area contributed by atoms with E-state index in [2.05, 4.69) is 34.6 Å². The number of hydrogen-bond acceptors (Lipinski definition) is 0. The van der Waals surface area contributed by atoms with Gasteiger partial charge in [-0.1, -0.05) is 86.0 Å². The Morgan fingerprint density at radius 3 is 1.50 bits per heavy atom. The average Bonchev–Trinajstić information content (AvgIpc) is 2.16. The number of hydrogen-bond donors (Lipinski definition) is 0. The van der Waals surface area contributed by atoms with E-state index in [0.717, 1.165) is 5.92 Å². The van der Waals surface area contributed by atoms with E-state index >= 15 is 0 Å². The normalized spacial score (nSPS) is 12.4. The van der Waals surface area contributed by atoms with E-state index in [9.17, 15) is 0 Å². The van der Waals surface area contributed by atoms with Crippen LogP contribution < -0.4 is 0 Å². The van der Waals surface area contributed by atoms with Gasteiger partial charge in [0.25, 0.3) is 0 Å². The first-order chi connectivity index (χ1) is 7.49. The van der Waals surface area contributed by atoms with Crippen molar-refractivity contribution >= 4 is 0 Å². The Labute approximate surface area is 104 Å². The Balaban J connectivity index is 3.85. The molecule has 0 heteroatoms. The maximum Gasteiger partial charge on any atom is -0.0380 e. The standard InChI is InChI=1S/C16H34/c1-6-8-10-12-15(13-11-9-7-2)14-16(3,4)5/h15H,6-14H2,1-5H3. The van der Waals surface area contributed by atoms with Gasteiger partial charge in [-0.3, -0.25) is 0 Å². The SMILES string of the molecule is CCCCCC(CCCCC)CC(C)(C)C. The molecule has 98 valence electrons. The van der Waals surface area contributed by atoms with Gasteiger partial charge in [-0.05, 0) is 17.8 Å². The Kier molecular flexibility index (Phi) is 9.07. The van der Waals surface area contributed by atoms with Crippen LogP contribution in [0.3, 0.4) is 0 Å². The summed E-state index contributed by atoms with van der Waals surface area (Å²) in [6.07, 6.45) is 12.8. The van der Waals surface area contributed by atoms with Gasteiger partial charge in [0.05, 0.1) is 0 Å². The van der Waals surface area contributed by atoms with Gasteiger partial charge >= 0.3 is 0 Å². The van der Waals surface area contributed by atoms with Crippen molar-refractivity contribution in [3.8, 4) is 0 Å². The van der Waals surface area contributed by atoms with Crippen LogP contribution in [-0.2, 0) is 0 Å². The quantitative estimate of drug-likeness (QED) is 0.411. The van der Waals surface area contributed by atoms with Crippen molar-refractivity contribution in [1.29, 1.82) is 0 Å². The van der Waals surface area contributed by atoms with Gasteiger partial charge in [-0.2, -0.15) is 0 Å². The number of unbranched alkanes of at least 4 members (excludes halogenated alkanes) is 4. The van der Waals surface area contributed by atoms with Crippen molar-refractivity contribution in [2.45, 2.75) is 92.4 Å². The molecule has 0 aliphatic heterocycles. The number of rotatable bonds is 9. The highest BCUT2D eigenvalue weighted by molar-refractivity contribution is 4.69.